The third-order valence-electron chi connectivity index (χ3n) is 5.22. The van der Waals surface area contributed by atoms with E-state index < -0.39 is 5.82 Å². The second-order valence-corrected chi connectivity index (χ2v) is 7.24. The number of para-hydroxylation sites is 1. The Morgan fingerprint density at radius 3 is 2.65 bits per heavy atom. The molecule has 6 nitrogen and oxygen atoms in total. The molecule has 3 heterocycles. The number of pyridine rings is 2. The molecule has 0 aliphatic carbocycles. The maximum atomic E-state index is 13.9. The summed E-state index contributed by atoms with van der Waals surface area (Å²) in [5.74, 6) is 0.131. The molecule has 1 unspecified atom stereocenters. The largest absolute Gasteiger partial charge is 0.360 e. The zero-order valence-corrected chi connectivity index (χ0v) is 16.7. The van der Waals surface area contributed by atoms with Gasteiger partial charge in [-0.15, -0.1) is 0 Å². The van der Waals surface area contributed by atoms with Crippen molar-refractivity contribution in [3.8, 4) is 5.69 Å². The number of halogens is 1. The predicted octanol–water partition coefficient (Wildman–Crippen LogP) is 4.64. The lowest BCUT2D eigenvalue weighted by atomic mass is 10.1. The summed E-state index contributed by atoms with van der Waals surface area (Å²) in [6.45, 7) is 1.94. The first kappa shape index (κ1) is 18.9. The monoisotopic (exact) mass is 411 g/mol. The van der Waals surface area contributed by atoms with Crippen LogP contribution in [-0.2, 0) is 0 Å². The number of anilines is 1. The highest BCUT2D eigenvalue weighted by atomic mass is 19.1. The van der Waals surface area contributed by atoms with Crippen molar-refractivity contribution in [2.45, 2.75) is 13.0 Å². The molecule has 152 valence electrons. The van der Waals surface area contributed by atoms with Crippen molar-refractivity contribution in [2.75, 3.05) is 5.32 Å². The maximum Gasteiger partial charge on any atom is 0.263 e. The highest BCUT2D eigenvalue weighted by molar-refractivity contribution is 5.85. The van der Waals surface area contributed by atoms with Gasteiger partial charge in [0.1, 0.15) is 17.7 Å². The third-order valence-corrected chi connectivity index (χ3v) is 5.22. The molecule has 0 saturated heterocycles. The lowest BCUT2D eigenvalue weighted by molar-refractivity contribution is 0.629. The maximum absolute atomic E-state index is 13.9. The molecular weight excluding hydrogens is 393 g/mol. The average Bonchev–Trinajstić information content (AvgIpc) is 2.80. The van der Waals surface area contributed by atoms with Gasteiger partial charge in [-0.2, -0.15) is 0 Å². The Morgan fingerprint density at radius 2 is 1.81 bits per heavy atom. The number of nitrogens with one attached hydrogen (secondary N) is 1. The van der Waals surface area contributed by atoms with Crippen LogP contribution in [0.25, 0.3) is 27.5 Å². The quantitative estimate of drug-likeness (QED) is 0.466. The van der Waals surface area contributed by atoms with Crippen LogP contribution < -0.4 is 10.9 Å². The highest BCUT2D eigenvalue weighted by Gasteiger charge is 2.18. The number of hydrogen-bond acceptors (Lipinski definition) is 5. The van der Waals surface area contributed by atoms with E-state index >= 15 is 0 Å². The Hall–Kier alpha value is -4.13. The van der Waals surface area contributed by atoms with Gasteiger partial charge in [0.2, 0.25) is 0 Å². The van der Waals surface area contributed by atoms with E-state index in [1.54, 1.807) is 16.8 Å². The summed E-state index contributed by atoms with van der Waals surface area (Å²) in [5.41, 5.74) is 2.51. The second-order valence-electron chi connectivity index (χ2n) is 7.24. The molecule has 0 bridgehead atoms. The molecule has 3 aromatic heterocycles. The van der Waals surface area contributed by atoms with Gasteiger partial charge >= 0.3 is 0 Å². The SMILES string of the molecule is CC(Nc1ncnc2cccnc12)c1cc2ccc(F)cc2c(=O)n1-c1ccccc1. The van der Waals surface area contributed by atoms with Crippen molar-refractivity contribution in [3.63, 3.8) is 0 Å². The number of rotatable bonds is 4. The van der Waals surface area contributed by atoms with Crippen molar-refractivity contribution in [1.29, 1.82) is 0 Å². The van der Waals surface area contributed by atoms with Gasteiger partial charge in [-0.1, -0.05) is 24.3 Å². The van der Waals surface area contributed by atoms with Crippen LogP contribution in [0.5, 0.6) is 0 Å². The molecule has 0 aliphatic heterocycles. The molecule has 1 N–H and O–H groups in total. The number of benzene rings is 2. The molecule has 0 aliphatic rings. The number of fused-ring (bicyclic) bond motifs is 2. The van der Waals surface area contributed by atoms with E-state index in [0.29, 0.717) is 27.8 Å². The van der Waals surface area contributed by atoms with Gasteiger partial charge in [0.15, 0.2) is 5.82 Å². The van der Waals surface area contributed by atoms with Crippen LogP contribution in [0.2, 0.25) is 0 Å². The molecule has 0 spiro atoms. The summed E-state index contributed by atoms with van der Waals surface area (Å²) in [6.07, 6.45) is 3.17. The van der Waals surface area contributed by atoms with E-state index in [1.807, 2.05) is 55.5 Å². The molecule has 31 heavy (non-hydrogen) atoms. The third kappa shape index (κ3) is 3.40. The zero-order chi connectivity index (χ0) is 21.4. The van der Waals surface area contributed by atoms with Gasteiger partial charge in [-0.3, -0.25) is 14.3 Å². The van der Waals surface area contributed by atoms with Gasteiger partial charge in [0.05, 0.1) is 16.9 Å². The Kier molecular flexibility index (Phi) is 4.63. The topological polar surface area (TPSA) is 72.7 Å². The predicted molar refractivity (Wildman–Crippen MR) is 119 cm³/mol. The van der Waals surface area contributed by atoms with Gasteiger partial charge in [-0.25, -0.2) is 14.4 Å². The van der Waals surface area contributed by atoms with Gasteiger partial charge in [0.25, 0.3) is 5.56 Å². The van der Waals surface area contributed by atoms with Gasteiger partial charge < -0.3 is 5.32 Å². The Labute approximate surface area is 177 Å². The summed E-state index contributed by atoms with van der Waals surface area (Å²) in [7, 11) is 0. The summed E-state index contributed by atoms with van der Waals surface area (Å²) < 4.78 is 15.5. The van der Waals surface area contributed by atoms with Crippen LogP contribution in [0, 0.1) is 5.82 Å². The second kappa shape index (κ2) is 7.60. The van der Waals surface area contributed by atoms with Crippen LogP contribution in [-0.4, -0.2) is 19.5 Å². The fourth-order valence-electron chi connectivity index (χ4n) is 3.74. The molecule has 0 saturated carbocycles. The van der Waals surface area contributed by atoms with E-state index in [0.717, 1.165) is 11.2 Å². The molecule has 5 rings (SSSR count). The minimum atomic E-state index is -0.443. The van der Waals surface area contributed by atoms with E-state index in [1.165, 1.54) is 18.5 Å². The summed E-state index contributed by atoms with van der Waals surface area (Å²) in [4.78, 5) is 26.4. The first-order valence-corrected chi connectivity index (χ1v) is 9.85. The Balaban J connectivity index is 1.69. The summed E-state index contributed by atoms with van der Waals surface area (Å²) in [5, 5.41) is 4.37. The first-order chi connectivity index (χ1) is 15.1. The van der Waals surface area contributed by atoms with E-state index in [9.17, 15) is 9.18 Å². The average molecular weight is 411 g/mol. The van der Waals surface area contributed by atoms with Crippen LogP contribution in [0.3, 0.4) is 0 Å². The van der Waals surface area contributed by atoms with Crippen molar-refractivity contribution in [2.24, 2.45) is 0 Å². The molecule has 0 radical (unpaired) electrons. The number of aromatic nitrogens is 4. The molecular formula is C24H18FN5O. The standard InChI is InChI=1S/C24H18FN5O/c1-15(29-23-22-20(27-14-28-23)8-5-11-26-22)21-12-16-9-10-17(25)13-19(16)24(31)30(21)18-6-3-2-4-7-18/h2-15H,1H3,(H,27,28,29). The highest BCUT2D eigenvalue weighted by Crippen LogP contribution is 2.26. The molecule has 0 fully saturated rings. The normalized spacial score (nSPS) is 12.2. The molecule has 2 aromatic carbocycles. The lowest BCUT2D eigenvalue weighted by Crippen LogP contribution is -2.25. The summed E-state index contributed by atoms with van der Waals surface area (Å²) >= 11 is 0. The lowest BCUT2D eigenvalue weighted by Gasteiger charge is -2.21. The zero-order valence-electron chi connectivity index (χ0n) is 16.7. The fraction of sp³-hybridized carbons (Fsp3) is 0.0833. The summed E-state index contributed by atoms with van der Waals surface area (Å²) in [6, 6.07) is 18.9. The first-order valence-electron chi connectivity index (χ1n) is 9.85. The van der Waals surface area contributed by atoms with Crippen molar-refractivity contribution in [1.82, 2.24) is 19.5 Å². The molecule has 5 aromatic rings. The van der Waals surface area contributed by atoms with Crippen LogP contribution in [0.4, 0.5) is 10.2 Å². The molecule has 7 heteroatoms. The van der Waals surface area contributed by atoms with Crippen molar-refractivity contribution in [3.05, 3.63) is 101 Å². The minimum Gasteiger partial charge on any atom is -0.360 e. The van der Waals surface area contributed by atoms with Crippen LogP contribution in [0.1, 0.15) is 18.7 Å². The smallest absolute Gasteiger partial charge is 0.263 e. The fourth-order valence-corrected chi connectivity index (χ4v) is 3.74. The Morgan fingerprint density at radius 1 is 0.968 bits per heavy atom. The van der Waals surface area contributed by atoms with E-state index in [4.69, 9.17) is 0 Å². The van der Waals surface area contributed by atoms with Gasteiger partial charge in [0, 0.05) is 17.6 Å². The van der Waals surface area contributed by atoms with Crippen LogP contribution >= 0.6 is 0 Å². The van der Waals surface area contributed by atoms with Crippen molar-refractivity contribution >= 4 is 27.6 Å². The van der Waals surface area contributed by atoms with Crippen LogP contribution in [0.15, 0.2) is 84.0 Å². The number of hydrogen-bond donors (Lipinski definition) is 1. The number of nitrogens with zero attached hydrogens (tertiary/aromatic N) is 4. The Bertz CT molecular complexity index is 1460. The minimum absolute atomic E-state index is 0.280. The molecule has 1 atom stereocenters. The van der Waals surface area contributed by atoms with Crippen molar-refractivity contribution < 1.29 is 4.39 Å². The van der Waals surface area contributed by atoms with E-state index in [2.05, 4.69) is 20.3 Å². The van der Waals surface area contributed by atoms with Gasteiger partial charge in [-0.05, 0) is 54.8 Å². The van der Waals surface area contributed by atoms with E-state index in [-0.39, 0.29) is 11.6 Å². The molecule has 0 amide bonds.